The number of amides is 1. The average molecular weight is 746 g/mol. The first-order valence-corrected chi connectivity index (χ1v) is 19.5. The zero-order chi connectivity index (χ0) is 36.5. The summed E-state index contributed by atoms with van der Waals surface area (Å²) < 4.78 is 64.4. The van der Waals surface area contributed by atoms with Crippen molar-refractivity contribution in [2.45, 2.75) is 142 Å². The van der Waals surface area contributed by atoms with Crippen molar-refractivity contribution in [3.05, 3.63) is 11.5 Å². The molecular weight excluding hydrogens is 693 g/mol. The number of ether oxygens (including phenoxy) is 6. The average Bonchev–Trinajstić information content (AvgIpc) is 3.80. The molecule has 5 atom stereocenters. The highest BCUT2D eigenvalue weighted by Crippen LogP contribution is 2.62. The van der Waals surface area contributed by atoms with E-state index in [2.05, 4.69) is 15.1 Å². The van der Waals surface area contributed by atoms with Crippen LogP contribution in [0, 0.1) is 0 Å². The van der Waals surface area contributed by atoms with Gasteiger partial charge in [0.1, 0.15) is 23.9 Å². The molecular formula is C33H53ClN5O10P. The van der Waals surface area contributed by atoms with Crippen LogP contribution < -0.4 is 4.90 Å². The number of anilines is 1. The maximum Gasteiger partial charge on any atom is 0.416 e. The van der Waals surface area contributed by atoms with E-state index >= 15 is 0 Å². The molecule has 282 valence electrons. The molecule has 2 aromatic rings. The fraction of sp³-hybridized carbons (Fsp3) is 0.818. The van der Waals surface area contributed by atoms with E-state index in [1.54, 1.807) is 36.5 Å². The molecule has 0 radical (unpaired) electrons. The van der Waals surface area contributed by atoms with Gasteiger partial charge in [-0.3, -0.25) is 9.46 Å². The number of hydrogen-bond donors (Lipinski definition) is 0. The Balaban J connectivity index is 1.48. The Bertz CT molecular complexity index is 1520. The van der Waals surface area contributed by atoms with E-state index in [0.717, 1.165) is 25.7 Å². The van der Waals surface area contributed by atoms with Crippen LogP contribution in [0.5, 0.6) is 0 Å². The fourth-order valence-electron chi connectivity index (χ4n) is 6.73. The van der Waals surface area contributed by atoms with E-state index < -0.39 is 55.0 Å². The third kappa shape index (κ3) is 8.31. The predicted octanol–water partition coefficient (Wildman–Crippen LogP) is 7.01. The van der Waals surface area contributed by atoms with Crippen LogP contribution in [0.25, 0.3) is 11.0 Å². The van der Waals surface area contributed by atoms with Crippen molar-refractivity contribution in [2.24, 2.45) is 0 Å². The molecule has 0 bridgehead atoms. The lowest BCUT2D eigenvalue weighted by Crippen LogP contribution is -2.43. The Kier molecular flexibility index (Phi) is 12.2. The van der Waals surface area contributed by atoms with E-state index in [-0.39, 0.29) is 44.2 Å². The number of halogens is 1. The van der Waals surface area contributed by atoms with Gasteiger partial charge in [0.05, 0.1) is 31.4 Å². The lowest BCUT2D eigenvalue weighted by molar-refractivity contribution is -0.206. The van der Waals surface area contributed by atoms with E-state index in [9.17, 15) is 9.36 Å². The first kappa shape index (κ1) is 39.3. The second-order valence-corrected chi connectivity index (χ2v) is 17.1. The molecule has 1 amide bonds. The Labute approximate surface area is 299 Å². The number of rotatable bonds is 15. The summed E-state index contributed by atoms with van der Waals surface area (Å²) in [4.78, 5) is 24.3. The summed E-state index contributed by atoms with van der Waals surface area (Å²) in [6.07, 6.45) is 2.19. The number of carbonyl (C=O) groups is 1. The highest BCUT2D eigenvalue weighted by atomic mass is 35.5. The quantitative estimate of drug-likeness (QED) is 0.104. The maximum absolute atomic E-state index is 14.1. The van der Waals surface area contributed by atoms with Gasteiger partial charge in [-0.25, -0.2) is 9.48 Å². The Morgan fingerprint density at radius 2 is 1.72 bits per heavy atom. The summed E-state index contributed by atoms with van der Waals surface area (Å²) in [5, 5.41) is 3.78. The Morgan fingerprint density at radius 3 is 2.34 bits per heavy atom. The van der Waals surface area contributed by atoms with Crippen molar-refractivity contribution in [2.75, 3.05) is 37.9 Å². The number of nitrogens with zero attached hydrogens (tertiary/aromatic N) is 5. The minimum atomic E-state index is -3.76. The van der Waals surface area contributed by atoms with Gasteiger partial charge in [-0.1, -0.05) is 12.8 Å². The Hall–Kier alpha value is -1.94. The SMILES string of the molecule is CCOCCC(C)(OC[C@H]1O[C@@H](n2ncc3c(N(C(=O)OC(C)(C)C)C4CCCC4)nc(Cl)nc32)[C@@H]2OC(C)(C)O[C@@H]21)P(=O)(OCC)OCC. The third-order valence-electron chi connectivity index (χ3n) is 8.93. The molecule has 2 aromatic heterocycles. The van der Waals surface area contributed by atoms with Gasteiger partial charge in [-0.2, -0.15) is 15.1 Å². The summed E-state index contributed by atoms with van der Waals surface area (Å²) >= 11 is 6.56. The van der Waals surface area contributed by atoms with Crippen LogP contribution in [0.3, 0.4) is 0 Å². The van der Waals surface area contributed by atoms with Crippen LogP contribution in [-0.4, -0.2) is 100.0 Å². The summed E-state index contributed by atoms with van der Waals surface area (Å²) in [5.74, 6) is -0.630. The van der Waals surface area contributed by atoms with Crippen LogP contribution in [0.4, 0.5) is 10.6 Å². The van der Waals surface area contributed by atoms with Gasteiger partial charge in [0.2, 0.25) is 5.28 Å². The molecule has 0 spiro atoms. The van der Waals surface area contributed by atoms with Crippen molar-refractivity contribution >= 4 is 42.1 Å². The molecule has 50 heavy (non-hydrogen) atoms. The molecule has 2 aliphatic heterocycles. The first-order chi connectivity index (χ1) is 23.5. The van der Waals surface area contributed by atoms with Gasteiger partial charge in [-0.05, 0) is 86.8 Å². The maximum atomic E-state index is 14.1. The van der Waals surface area contributed by atoms with E-state index in [0.29, 0.717) is 23.5 Å². The van der Waals surface area contributed by atoms with Crippen molar-refractivity contribution in [1.82, 2.24) is 19.7 Å². The smallest absolute Gasteiger partial charge is 0.416 e. The highest BCUT2D eigenvalue weighted by molar-refractivity contribution is 7.55. The van der Waals surface area contributed by atoms with E-state index in [1.165, 1.54) is 0 Å². The van der Waals surface area contributed by atoms with Crippen LogP contribution in [0.2, 0.25) is 5.28 Å². The summed E-state index contributed by atoms with van der Waals surface area (Å²) in [7, 11) is -3.76. The topological polar surface area (TPSA) is 155 Å². The molecule has 1 saturated carbocycles. The lowest BCUT2D eigenvalue weighted by atomic mass is 10.1. The van der Waals surface area contributed by atoms with Gasteiger partial charge in [-0.15, -0.1) is 0 Å². The molecule has 1 aliphatic carbocycles. The second kappa shape index (κ2) is 15.6. The van der Waals surface area contributed by atoms with Crippen molar-refractivity contribution in [1.29, 1.82) is 0 Å². The summed E-state index contributed by atoms with van der Waals surface area (Å²) in [5.41, 5.74) is -0.369. The summed E-state index contributed by atoms with van der Waals surface area (Å²) in [6.45, 7) is 17.3. The molecule has 17 heteroatoms. The molecule has 2 saturated heterocycles. The number of aromatic nitrogens is 4. The first-order valence-electron chi connectivity index (χ1n) is 17.6. The van der Waals surface area contributed by atoms with E-state index in [4.69, 9.17) is 49.1 Å². The standard InChI is InChI=1S/C33H53ClN5O10P/c1-10-42-18-17-33(9,50(41,44-11-2)45-12-3)43-20-23-24-25(48-32(7,8)47-24)28(46-23)39-27-22(19-35-39)26(36-29(34)37-27)38(21-15-13-14-16-21)30(40)49-31(4,5)6/h19,21,23-25,28H,10-18,20H2,1-9H3/t23-,24-,25-,28-,33?/m1/s1. The highest BCUT2D eigenvalue weighted by Gasteiger charge is 2.58. The molecule has 15 nitrogen and oxygen atoms in total. The Morgan fingerprint density at radius 1 is 1.06 bits per heavy atom. The molecule has 0 N–H and O–H groups in total. The van der Waals surface area contributed by atoms with Gasteiger partial charge < -0.3 is 37.5 Å². The van der Waals surface area contributed by atoms with Gasteiger partial charge in [0, 0.05) is 25.7 Å². The lowest BCUT2D eigenvalue weighted by Gasteiger charge is -2.36. The van der Waals surface area contributed by atoms with Gasteiger partial charge >= 0.3 is 13.7 Å². The molecule has 1 unspecified atom stereocenters. The van der Waals surface area contributed by atoms with Crippen LogP contribution in [0.1, 0.15) is 101 Å². The normalized spacial score (nSPS) is 25.2. The second-order valence-electron chi connectivity index (χ2n) is 14.3. The molecule has 5 rings (SSSR count). The molecule has 3 aliphatic rings. The van der Waals surface area contributed by atoms with Crippen molar-refractivity contribution < 1.29 is 46.8 Å². The monoisotopic (exact) mass is 745 g/mol. The third-order valence-corrected chi connectivity index (χ3v) is 11.8. The number of fused-ring (bicyclic) bond motifs is 2. The number of hydrogen-bond acceptors (Lipinski definition) is 13. The summed E-state index contributed by atoms with van der Waals surface area (Å²) in [6, 6.07) is -0.121. The fourth-order valence-corrected chi connectivity index (χ4v) is 8.79. The van der Waals surface area contributed by atoms with Gasteiger partial charge in [0.15, 0.2) is 28.8 Å². The minimum absolute atomic E-state index is 0.0296. The van der Waals surface area contributed by atoms with Gasteiger partial charge in [0.25, 0.3) is 0 Å². The van der Waals surface area contributed by atoms with Crippen molar-refractivity contribution in [3.8, 4) is 0 Å². The predicted molar refractivity (Wildman–Crippen MR) is 185 cm³/mol. The molecule has 3 fully saturated rings. The van der Waals surface area contributed by atoms with Crippen molar-refractivity contribution in [3.63, 3.8) is 0 Å². The minimum Gasteiger partial charge on any atom is -0.443 e. The molecule has 4 heterocycles. The van der Waals surface area contributed by atoms with E-state index in [1.807, 2.05) is 41.5 Å². The zero-order valence-electron chi connectivity index (χ0n) is 30.7. The largest absolute Gasteiger partial charge is 0.443 e. The molecule has 0 aromatic carbocycles. The van der Waals surface area contributed by atoms with Crippen LogP contribution >= 0.6 is 19.2 Å². The zero-order valence-corrected chi connectivity index (χ0v) is 32.3. The number of carbonyl (C=O) groups excluding carboxylic acids is 1. The van der Waals surface area contributed by atoms with Crippen LogP contribution in [-0.2, 0) is 42.0 Å². The van der Waals surface area contributed by atoms with Crippen LogP contribution in [0.15, 0.2) is 6.20 Å².